The first-order chi connectivity index (χ1) is 11.2. The predicted octanol–water partition coefficient (Wildman–Crippen LogP) is 2.89. The van der Waals surface area contributed by atoms with E-state index in [1.165, 1.54) is 19.3 Å². The van der Waals surface area contributed by atoms with Crippen LogP contribution in [0.2, 0.25) is 5.02 Å². The van der Waals surface area contributed by atoms with Gasteiger partial charge in [0.1, 0.15) is 11.3 Å². The molecule has 1 aromatic carbocycles. The smallest absolute Gasteiger partial charge is 0.341 e. The van der Waals surface area contributed by atoms with E-state index in [4.69, 9.17) is 26.8 Å². The summed E-state index contributed by atoms with van der Waals surface area (Å²) in [6, 6.07) is 1.55. The number of nitrogen functional groups attached to an aromatic ring is 1. The molecule has 2 heterocycles. The molecule has 3 rings (SSSR count). The van der Waals surface area contributed by atoms with E-state index in [0.717, 1.165) is 31.6 Å². The van der Waals surface area contributed by atoms with Gasteiger partial charge in [-0.3, -0.25) is 0 Å². The lowest BCUT2D eigenvalue weighted by molar-refractivity contribution is 0.0482. The van der Waals surface area contributed by atoms with Crippen molar-refractivity contribution in [2.24, 2.45) is 0 Å². The summed E-state index contributed by atoms with van der Waals surface area (Å²) in [6.07, 6.45) is 5.39. The molecule has 0 radical (unpaired) electrons. The average molecular weight is 339 g/mol. The lowest BCUT2D eigenvalue weighted by Gasteiger charge is -2.26. The van der Waals surface area contributed by atoms with Gasteiger partial charge in [-0.25, -0.2) is 4.79 Å². The normalized spacial score (nSPS) is 17.6. The Morgan fingerprint density at radius 3 is 2.91 bits per heavy atom. The van der Waals surface area contributed by atoms with E-state index in [1.54, 1.807) is 6.07 Å². The van der Waals surface area contributed by atoms with Crippen LogP contribution in [0.4, 0.5) is 5.69 Å². The molecule has 1 aromatic rings. The molecule has 0 amide bonds. The molecule has 0 aromatic heterocycles. The Kier molecular flexibility index (Phi) is 5.28. The lowest BCUT2D eigenvalue weighted by atomic mass is 10.1. The summed E-state index contributed by atoms with van der Waals surface area (Å²) < 4.78 is 10.9. The highest BCUT2D eigenvalue weighted by molar-refractivity contribution is 6.33. The van der Waals surface area contributed by atoms with Gasteiger partial charge in [-0.2, -0.15) is 0 Å². The number of esters is 1. The van der Waals surface area contributed by atoms with E-state index in [1.807, 2.05) is 0 Å². The Labute approximate surface area is 141 Å². The van der Waals surface area contributed by atoms with Crippen molar-refractivity contribution in [2.75, 3.05) is 38.6 Å². The molecular weight excluding hydrogens is 316 g/mol. The topological polar surface area (TPSA) is 64.8 Å². The second-order valence-corrected chi connectivity index (χ2v) is 6.52. The summed E-state index contributed by atoms with van der Waals surface area (Å²) in [4.78, 5) is 14.7. The zero-order valence-electron chi connectivity index (χ0n) is 13.3. The van der Waals surface area contributed by atoms with Crippen molar-refractivity contribution >= 4 is 23.3 Å². The number of carbonyl (C=O) groups is 1. The fourth-order valence-corrected chi connectivity index (χ4v) is 3.46. The van der Waals surface area contributed by atoms with Crippen LogP contribution in [0.3, 0.4) is 0 Å². The number of nitrogens with zero attached hydrogens (tertiary/aromatic N) is 1. The number of fused-ring (bicyclic) bond motifs is 1. The largest absolute Gasteiger partial charge is 0.492 e. The summed E-state index contributed by atoms with van der Waals surface area (Å²) in [5, 5.41) is 0.384. The van der Waals surface area contributed by atoms with Gasteiger partial charge in [-0.1, -0.05) is 18.0 Å². The predicted molar refractivity (Wildman–Crippen MR) is 90.3 cm³/mol. The number of likely N-dealkylation sites (tertiary alicyclic amines) is 1. The van der Waals surface area contributed by atoms with E-state index < -0.39 is 0 Å². The number of hydrogen-bond acceptors (Lipinski definition) is 5. The van der Waals surface area contributed by atoms with Crippen LogP contribution in [0, 0.1) is 0 Å². The summed E-state index contributed by atoms with van der Waals surface area (Å²) in [7, 11) is 0. The van der Waals surface area contributed by atoms with Crippen LogP contribution >= 0.6 is 11.6 Å². The van der Waals surface area contributed by atoms with Crippen LogP contribution in [-0.2, 0) is 11.2 Å². The first-order valence-electron chi connectivity index (χ1n) is 8.30. The van der Waals surface area contributed by atoms with Crippen molar-refractivity contribution in [1.82, 2.24) is 4.90 Å². The maximum atomic E-state index is 12.3. The molecule has 0 spiro atoms. The quantitative estimate of drug-likeness (QED) is 0.508. The molecule has 5 nitrogen and oxygen atoms in total. The highest BCUT2D eigenvalue weighted by Gasteiger charge is 2.26. The Morgan fingerprint density at radius 1 is 1.35 bits per heavy atom. The van der Waals surface area contributed by atoms with Gasteiger partial charge in [0.05, 0.1) is 23.9 Å². The van der Waals surface area contributed by atoms with E-state index in [-0.39, 0.29) is 5.97 Å². The molecular formula is C17H23ClN2O3. The number of piperidine rings is 1. The molecule has 6 heteroatoms. The van der Waals surface area contributed by atoms with Gasteiger partial charge < -0.3 is 20.1 Å². The molecule has 0 atom stereocenters. The minimum Gasteiger partial charge on any atom is -0.492 e. The molecule has 2 N–H and O–H groups in total. The van der Waals surface area contributed by atoms with E-state index in [9.17, 15) is 4.79 Å². The van der Waals surface area contributed by atoms with Gasteiger partial charge in [0.2, 0.25) is 0 Å². The Morgan fingerprint density at radius 2 is 2.13 bits per heavy atom. The molecule has 23 heavy (non-hydrogen) atoms. The molecule has 0 bridgehead atoms. The first kappa shape index (κ1) is 16.4. The number of ether oxygens (including phenoxy) is 2. The minimum atomic E-state index is -0.385. The highest BCUT2D eigenvalue weighted by atomic mass is 35.5. The van der Waals surface area contributed by atoms with Crippen molar-refractivity contribution in [1.29, 1.82) is 0 Å². The van der Waals surface area contributed by atoms with Gasteiger partial charge in [-0.15, -0.1) is 0 Å². The third-order valence-corrected chi connectivity index (χ3v) is 4.80. The van der Waals surface area contributed by atoms with Crippen LogP contribution < -0.4 is 10.5 Å². The van der Waals surface area contributed by atoms with Crippen LogP contribution in [0.15, 0.2) is 6.07 Å². The molecule has 2 aliphatic heterocycles. The van der Waals surface area contributed by atoms with Crippen molar-refractivity contribution in [3.05, 3.63) is 22.2 Å². The molecule has 2 aliphatic rings. The zero-order valence-corrected chi connectivity index (χ0v) is 14.0. The maximum absolute atomic E-state index is 12.3. The number of halogens is 1. The number of nitrogens with two attached hydrogens (primary N) is 1. The van der Waals surface area contributed by atoms with Crippen LogP contribution in [0.25, 0.3) is 0 Å². The van der Waals surface area contributed by atoms with Crippen molar-refractivity contribution < 1.29 is 14.3 Å². The third kappa shape index (κ3) is 3.72. The Hall–Kier alpha value is -1.46. The second-order valence-electron chi connectivity index (χ2n) is 6.12. The fraction of sp³-hybridized carbons (Fsp3) is 0.588. The fourth-order valence-electron chi connectivity index (χ4n) is 3.23. The second kappa shape index (κ2) is 7.41. The van der Waals surface area contributed by atoms with Gasteiger partial charge in [0.15, 0.2) is 0 Å². The van der Waals surface area contributed by atoms with Gasteiger partial charge in [-0.05, 0) is 38.4 Å². The summed E-state index contributed by atoms with van der Waals surface area (Å²) in [5.74, 6) is 0.150. The van der Waals surface area contributed by atoms with Gasteiger partial charge in [0, 0.05) is 18.5 Å². The molecule has 0 aliphatic carbocycles. The van der Waals surface area contributed by atoms with E-state index >= 15 is 0 Å². The standard InChI is InChI=1S/C17H23ClN2O3/c18-14-11-13(16-12(15(14)19)5-10-22-16)17(21)23-9-4-8-20-6-2-1-3-7-20/h11H,1-10,19H2. The summed E-state index contributed by atoms with van der Waals surface area (Å²) in [5.41, 5.74) is 7.64. The van der Waals surface area contributed by atoms with Crippen LogP contribution in [0.1, 0.15) is 41.6 Å². The maximum Gasteiger partial charge on any atom is 0.341 e. The average Bonchev–Trinajstić information content (AvgIpc) is 3.05. The first-order valence-corrected chi connectivity index (χ1v) is 8.67. The lowest BCUT2D eigenvalue weighted by Crippen LogP contribution is -2.31. The monoisotopic (exact) mass is 338 g/mol. The van der Waals surface area contributed by atoms with E-state index in [0.29, 0.717) is 41.7 Å². The van der Waals surface area contributed by atoms with Crippen LogP contribution in [0.5, 0.6) is 5.75 Å². The zero-order chi connectivity index (χ0) is 16.2. The minimum absolute atomic E-state index is 0.384. The Balaban J connectivity index is 1.54. The number of benzene rings is 1. The Bertz CT molecular complexity index is 586. The van der Waals surface area contributed by atoms with Crippen molar-refractivity contribution in [2.45, 2.75) is 32.1 Å². The van der Waals surface area contributed by atoms with Crippen LogP contribution in [-0.4, -0.2) is 43.7 Å². The summed E-state index contributed by atoms with van der Waals surface area (Å²) >= 11 is 6.11. The number of rotatable bonds is 5. The molecule has 1 fully saturated rings. The number of anilines is 1. The molecule has 0 unspecified atom stereocenters. The SMILES string of the molecule is Nc1c(Cl)cc(C(=O)OCCCN2CCCCC2)c2c1CCO2. The van der Waals surface area contributed by atoms with Crippen molar-refractivity contribution in [3.63, 3.8) is 0 Å². The van der Waals surface area contributed by atoms with E-state index in [2.05, 4.69) is 4.90 Å². The van der Waals surface area contributed by atoms with Gasteiger partial charge >= 0.3 is 5.97 Å². The van der Waals surface area contributed by atoms with Gasteiger partial charge in [0.25, 0.3) is 0 Å². The molecule has 0 saturated carbocycles. The molecule has 1 saturated heterocycles. The number of hydrogen-bond donors (Lipinski definition) is 1. The summed E-state index contributed by atoms with van der Waals surface area (Å²) in [6.45, 7) is 4.22. The number of carbonyl (C=O) groups excluding carboxylic acids is 1. The highest BCUT2D eigenvalue weighted by Crippen LogP contribution is 2.38. The third-order valence-electron chi connectivity index (χ3n) is 4.49. The molecule has 126 valence electrons. The van der Waals surface area contributed by atoms with Crippen molar-refractivity contribution in [3.8, 4) is 5.75 Å².